The highest BCUT2D eigenvalue weighted by atomic mass is 16.5. The van der Waals surface area contributed by atoms with E-state index in [1.54, 1.807) is 26.2 Å². The molecule has 0 aliphatic carbocycles. The molecule has 16 heavy (non-hydrogen) atoms. The third-order valence-electron chi connectivity index (χ3n) is 2.18. The summed E-state index contributed by atoms with van der Waals surface area (Å²) in [6.45, 7) is 0.454. The Bertz CT molecular complexity index is 391. The number of amides is 1. The molecule has 0 bridgehead atoms. The van der Waals surface area contributed by atoms with Crippen molar-refractivity contribution in [1.29, 1.82) is 0 Å². The Balaban J connectivity index is 3.05. The third kappa shape index (κ3) is 2.73. The van der Waals surface area contributed by atoms with E-state index in [2.05, 4.69) is 15.4 Å². The molecule has 86 valence electrons. The van der Waals surface area contributed by atoms with Crippen LogP contribution in [-0.2, 0) is 16.1 Å². The maximum Gasteiger partial charge on any atom is 0.293 e. The van der Waals surface area contributed by atoms with Crippen molar-refractivity contribution in [2.24, 2.45) is 0 Å². The lowest BCUT2D eigenvalue weighted by Crippen LogP contribution is -2.20. The molecular formula is C11H14N2O3. The van der Waals surface area contributed by atoms with Crippen LogP contribution in [0.4, 0.5) is 5.69 Å². The predicted octanol–water partition coefficient (Wildman–Crippen LogP) is 0.761. The summed E-state index contributed by atoms with van der Waals surface area (Å²) < 4.78 is 4.65. The van der Waals surface area contributed by atoms with E-state index in [1.807, 2.05) is 6.07 Å². The summed E-state index contributed by atoms with van der Waals surface area (Å²) in [5.74, 6) is -0.207. The number of anilines is 1. The zero-order valence-electron chi connectivity index (χ0n) is 9.24. The van der Waals surface area contributed by atoms with Crippen LogP contribution in [0.15, 0.2) is 18.2 Å². The lowest BCUT2D eigenvalue weighted by molar-refractivity contribution is -0.129. The van der Waals surface area contributed by atoms with E-state index >= 15 is 0 Å². The van der Waals surface area contributed by atoms with Gasteiger partial charge in [0.2, 0.25) is 0 Å². The smallest absolute Gasteiger partial charge is 0.293 e. The van der Waals surface area contributed by atoms with E-state index in [1.165, 1.54) is 0 Å². The second-order valence-electron chi connectivity index (χ2n) is 3.11. The van der Waals surface area contributed by atoms with Crippen molar-refractivity contribution in [3.8, 4) is 0 Å². The Labute approximate surface area is 93.8 Å². The summed E-state index contributed by atoms with van der Waals surface area (Å²) in [7, 11) is 3.32. The van der Waals surface area contributed by atoms with Gasteiger partial charge < -0.3 is 15.4 Å². The molecule has 0 heterocycles. The van der Waals surface area contributed by atoms with Crippen molar-refractivity contribution < 1.29 is 14.3 Å². The molecule has 2 N–H and O–H groups in total. The summed E-state index contributed by atoms with van der Waals surface area (Å²) in [4.78, 5) is 21.7. The second-order valence-corrected chi connectivity index (χ2v) is 3.11. The van der Waals surface area contributed by atoms with Crippen molar-refractivity contribution in [1.82, 2.24) is 5.32 Å². The van der Waals surface area contributed by atoms with E-state index in [4.69, 9.17) is 0 Å². The SMILES string of the molecule is CNC(=O)c1cc(NC)ccc1COC=O. The maximum absolute atomic E-state index is 11.6. The number of rotatable bonds is 5. The van der Waals surface area contributed by atoms with E-state index in [-0.39, 0.29) is 12.5 Å². The largest absolute Gasteiger partial charge is 0.463 e. The highest BCUT2D eigenvalue weighted by molar-refractivity contribution is 5.96. The minimum atomic E-state index is -0.207. The molecule has 1 amide bonds. The first-order chi connectivity index (χ1) is 7.72. The fourth-order valence-electron chi connectivity index (χ4n) is 1.33. The van der Waals surface area contributed by atoms with Crippen LogP contribution >= 0.6 is 0 Å². The van der Waals surface area contributed by atoms with Crippen LogP contribution < -0.4 is 10.6 Å². The van der Waals surface area contributed by atoms with Gasteiger partial charge in [-0.3, -0.25) is 9.59 Å². The zero-order chi connectivity index (χ0) is 12.0. The highest BCUT2D eigenvalue weighted by Gasteiger charge is 2.10. The number of ether oxygens (including phenoxy) is 1. The number of nitrogens with one attached hydrogen (secondary N) is 2. The monoisotopic (exact) mass is 222 g/mol. The molecule has 1 rings (SSSR count). The summed E-state index contributed by atoms with van der Waals surface area (Å²) in [6, 6.07) is 5.28. The van der Waals surface area contributed by atoms with E-state index in [0.717, 1.165) is 5.69 Å². The topological polar surface area (TPSA) is 67.4 Å². The molecule has 5 heteroatoms. The minimum absolute atomic E-state index is 0.0935. The first-order valence-electron chi connectivity index (χ1n) is 4.81. The van der Waals surface area contributed by atoms with Gasteiger partial charge in [0.25, 0.3) is 12.4 Å². The lowest BCUT2D eigenvalue weighted by atomic mass is 10.1. The number of hydrogen-bond donors (Lipinski definition) is 2. The standard InChI is InChI=1S/C11H14N2O3/c1-12-9-4-3-8(6-16-7-14)10(5-9)11(15)13-2/h3-5,7,12H,6H2,1-2H3,(H,13,15). The summed E-state index contributed by atoms with van der Waals surface area (Å²) in [6.07, 6.45) is 0. The van der Waals surface area contributed by atoms with Crippen molar-refractivity contribution in [2.75, 3.05) is 19.4 Å². The van der Waals surface area contributed by atoms with Crippen molar-refractivity contribution in [2.45, 2.75) is 6.61 Å². The molecule has 0 aliphatic heterocycles. The molecular weight excluding hydrogens is 208 g/mol. The number of hydrogen-bond acceptors (Lipinski definition) is 4. The quantitative estimate of drug-likeness (QED) is 0.722. The predicted molar refractivity (Wildman–Crippen MR) is 60.2 cm³/mol. The van der Waals surface area contributed by atoms with E-state index in [9.17, 15) is 9.59 Å². The molecule has 1 aromatic carbocycles. The van der Waals surface area contributed by atoms with Crippen LogP contribution in [0, 0.1) is 0 Å². The normalized spacial score (nSPS) is 9.38. The molecule has 0 atom stereocenters. The zero-order valence-corrected chi connectivity index (χ0v) is 9.24. The van der Waals surface area contributed by atoms with Crippen molar-refractivity contribution in [3.05, 3.63) is 29.3 Å². The molecule has 0 unspecified atom stereocenters. The lowest BCUT2D eigenvalue weighted by Gasteiger charge is -2.09. The number of benzene rings is 1. The Morgan fingerprint density at radius 2 is 2.19 bits per heavy atom. The van der Waals surface area contributed by atoms with Crippen molar-refractivity contribution >= 4 is 18.1 Å². The molecule has 0 aromatic heterocycles. The summed E-state index contributed by atoms with van der Waals surface area (Å²) in [5.41, 5.74) is 2.00. The van der Waals surface area contributed by atoms with Crippen LogP contribution in [0.5, 0.6) is 0 Å². The molecule has 0 radical (unpaired) electrons. The third-order valence-corrected chi connectivity index (χ3v) is 2.18. The Morgan fingerprint density at radius 3 is 2.75 bits per heavy atom. The van der Waals surface area contributed by atoms with Crippen LogP contribution in [0.25, 0.3) is 0 Å². The van der Waals surface area contributed by atoms with Gasteiger partial charge in [-0.05, 0) is 12.1 Å². The van der Waals surface area contributed by atoms with Gasteiger partial charge in [-0.1, -0.05) is 6.07 Å². The highest BCUT2D eigenvalue weighted by Crippen LogP contribution is 2.16. The van der Waals surface area contributed by atoms with Crippen molar-refractivity contribution in [3.63, 3.8) is 0 Å². The maximum atomic E-state index is 11.6. The molecule has 0 spiro atoms. The summed E-state index contributed by atoms with van der Waals surface area (Å²) in [5, 5.41) is 5.48. The average molecular weight is 222 g/mol. The van der Waals surface area contributed by atoms with E-state index in [0.29, 0.717) is 17.6 Å². The van der Waals surface area contributed by atoms with Crippen LogP contribution in [0.1, 0.15) is 15.9 Å². The van der Waals surface area contributed by atoms with Crippen LogP contribution in [-0.4, -0.2) is 26.5 Å². The van der Waals surface area contributed by atoms with Crippen LogP contribution in [0.2, 0.25) is 0 Å². The fourth-order valence-corrected chi connectivity index (χ4v) is 1.33. The van der Waals surface area contributed by atoms with Gasteiger partial charge in [-0.15, -0.1) is 0 Å². The first-order valence-corrected chi connectivity index (χ1v) is 4.81. The fraction of sp³-hybridized carbons (Fsp3) is 0.273. The van der Waals surface area contributed by atoms with Gasteiger partial charge >= 0.3 is 0 Å². The summed E-state index contributed by atoms with van der Waals surface area (Å²) >= 11 is 0. The number of carbonyl (C=O) groups is 2. The average Bonchev–Trinajstić information content (AvgIpc) is 2.35. The number of carbonyl (C=O) groups excluding carboxylic acids is 2. The molecule has 1 aromatic rings. The van der Waals surface area contributed by atoms with E-state index < -0.39 is 0 Å². The first kappa shape index (κ1) is 12.0. The molecule has 0 saturated carbocycles. The van der Waals surface area contributed by atoms with Gasteiger partial charge in [0.15, 0.2) is 0 Å². The minimum Gasteiger partial charge on any atom is -0.463 e. The Morgan fingerprint density at radius 1 is 1.44 bits per heavy atom. The van der Waals surface area contributed by atoms with Gasteiger partial charge in [-0.2, -0.15) is 0 Å². The molecule has 5 nitrogen and oxygen atoms in total. The molecule has 0 aliphatic rings. The van der Waals surface area contributed by atoms with Crippen LogP contribution in [0.3, 0.4) is 0 Å². The van der Waals surface area contributed by atoms with Gasteiger partial charge in [0, 0.05) is 30.9 Å². The molecule has 0 saturated heterocycles. The van der Waals surface area contributed by atoms with Gasteiger partial charge in [0.05, 0.1) is 0 Å². The Kier molecular flexibility index (Phi) is 4.32. The Hall–Kier alpha value is -2.04. The molecule has 0 fully saturated rings. The second kappa shape index (κ2) is 5.75. The van der Waals surface area contributed by atoms with Gasteiger partial charge in [0.1, 0.15) is 6.61 Å². The van der Waals surface area contributed by atoms with Gasteiger partial charge in [-0.25, -0.2) is 0 Å².